The van der Waals surface area contributed by atoms with Crippen LogP contribution in [0, 0.1) is 6.92 Å². The van der Waals surface area contributed by atoms with Crippen molar-refractivity contribution in [3.8, 4) is 5.75 Å². The molecule has 0 radical (unpaired) electrons. The van der Waals surface area contributed by atoms with E-state index in [9.17, 15) is 8.42 Å². The molecule has 2 aromatic rings. The third-order valence-electron chi connectivity index (χ3n) is 4.13. The van der Waals surface area contributed by atoms with Crippen molar-refractivity contribution in [1.82, 2.24) is 14.7 Å². The van der Waals surface area contributed by atoms with Crippen molar-refractivity contribution in [3.05, 3.63) is 47.9 Å². The van der Waals surface area contributed by atoms with Crippen LogP contribution in [0.25, 0.3) is 0 Å². The molecule has 1 aliphatic rings. The number of nitrogens with zero attached hydrogens (tertiary/aromatic N) is 3. The Balaban J connectivity index is 1.53. The molecular formula is C18H24N4O3S. The maximum absolute atomic E-state index is 12.2. The van der Waals surface area contributed by atoms with E-state index in [2.05, 4.69) is 19.6 Å². The zero-order valence-electron chi connectivity index (χ0n) is 14.9. The van der Waals surface area contributed by atoms with Gasteiger partial charge in [-0.3, -0.25) is 0 Å². The highest BCUT2D eigenvalue weighted by Gasteiger charge is 2.16. The molecule has 0 amide bonds. The maximum atomic E-state index is 12.2. The van der Waals surface area contributed by atoms with E-state index in [1.165, 1.54) is 0 Å². The lowest BCUT2D eigenvalue weighted by Crippen LogP contribution is -2.30. The first-order chi connectivity index (χ1) is 12.5. The van der Waals surface area contributed by atoms with Crippen LogP contribution in [0.2, 0.25) is 0 Å². The van der Waals surface area contributed by atoms with Crippen LogP contribution in [0.1, 0.15) is 24.4 Å². The van der Waals surface area contributed by atoms with Crippen LogP contribution < -0.4 is 14.4 Å². The molecule has 0 atom stereocenters. The highest BCUT2D eigenvalue weighted by atomic mass is 32.2. The fourth-order valence-electron chi connectivity index (χ4n) is 2.83. The largest absolute Gasteiger partial charge is 0.492 e. The number of para-hydroxylation sites is 1. The molecule has 8 heteroatoms. The Morgan fingerprint density at radius 2 is 1.88 bits per heavy atom. The summed E-state index contributed by atoms with van der Waals surface area (Å²) in [6.45, 7) is 4.03. The van der Waals surface area contributed by atoms with Gasteiger partial charge in [-0.05, 0) is 31.9 Å². The molecule has 1 fully saturated rings. The number of anilines is 1. The third-order valence-corrected chi connectivity index (χ3v) is 5.42. The molecule has 7 nitrogen and oxygen atoms in total. The van der Waals surface area contributed by atoms with E-state index in [-0.39, 0.29) is 18.9 Å². The molecule has 0 spiro atoms. The summed E-state index contributed by atoms with van der Waals surface area (Å²) in [5, 5.41) is 0. The number of hydrogen-bond donors (Lipinski definition) is 1. The average molecular weight is 376 g/mol. The second-order valence-electron chi connectivity index (χ2n) is 6.28. The zero-order valence-corrected chi connectivity index (χ0v) is 15.7. The summed E-state index contributed by atoms with van der Waals surface area (Å²) in [5.74, 6) is 1.89. The Morgan fingerprint density at radius 1 is 1.15 bits per heavy atom. The molecule has 0 unspecified atom stereocenters. The second-order valence-corrected chi connectivity index (χ2v) is 8.21. The van der Waals surface area contributed by atoms with Crippen LogP contribution in [0.15, 0.2) is 36.4 Å². The first-order valence-electron chi connectivity index (χ1n) is 8.76. The van der Waals surface area contributed by atoms with Gasteiger partial charge >= 0.3 is 0 Å². The highest BCUT2D eigenvalue weighted by molar-refractivity contribution is 7.89. The van der Waals surface area contributed by atoms with Gasteiger partial charge in [0, 0.05) is 24.8 Å². The quantitative estimate of drug-likeness (QED) is 0.757. The van der Waals surface area contributed by atoms with Crippen molar-refractivity contribution >= 4 is 15.8 Å². The molecule has 1 saturated heterocycles. The zero-order chi connectivity index (χ0) is 18.4. The number of sulfonamides is 1. The van der Waals surface area contributed by atoms with Gasteiger partial charge in [0.05, 0.1) is 12.3 Å². The Morgan fingerprint density at radius 3 is 2.62 bits per heavy atom. The minimum Gasteiger partial charge on any atom is -0.492 e. The molecule has 2 heterocycles. The van der Waals surface area contributed by atoms with Crippen LogP contribution in [-0.2, 0) is 16.6 Å². The van der Waals surface area contributed by atoms with Gasteiger partial charge in [0.1, 0.15) is 24.0 Å². The van der Waals surface area contributed by atoms with Crippen molar-refractivity contribution in [2.75, 3.05) is 30.3 Å². The molecule has 140 valence electrons. The van der Waals surface area contributed by atoms with E-state index in [1.54, 1.807) is 12.1 Å². The minimum atomic E-state index is -3.46. The topological polar surface area (TPSA) is 84.4 Å². The summed E-state index contributed by atoms with van der Waals surface area (Å²) >= 11 is 0. The van der Waals surface area contributed by atoms with Crippen molar-refractivity contribution in [3.63, 3.8) is 0 Å². The Bertz CT molecular complexity index is 822. The fourth-order valence-corrected chi connectivity index (χ4v) is 3.63. The number of aryl methyl sites for hydroxylation is 1. The predicted molar refractivity (Wildman–Crippen MR) is 101 cm³/mol. The van der Waals surface area contributed by atoms with Crippen molar-refractivity contribution in [1.29, 1.82) is 0 Å². The Hall–Kier alpha value is -2.19. The van der Waals surface area contributed by atoms with E-state index in [4.69, 9.17) is 4.74 Å². The van der Waals surface area contributed by atoms with Crippen LogP contribution in [0.5, 0.6) is 5.75 Å². The van der Waals surface area contributed by atoms with Gasteiger partial charge < -0.3 is 9.64 Å². The monoisotopic (exact) mass is 376 g/mol. The molecule has 1 aliphatic heterocycles. The molecule has 3 rings (SSSR count). The first kappa shape index (κ1) is 18.6. The van der Waals surface area contributed by atoms with Gasteiger partial charge in [0.15, 0.2) is 0 Å². The maximum Gasteiger partial charge on any atom is 0.215 e. The molecule has 0 saturated carbocycles. The number of hydrogen-bond acceptors (Lipinski definition) is 6. The predicted octanol–water partition coefficient (Wildman–Crippen LogP) is 1.88. The van der Waals surface area contributed by atoms with Crippen molar-refractivity contribution < 1.29 is 13.2 Å². The summed E-state index contributed by atoms with van der Waals surface area (Å²) < 4.78 is 32.3. The fraction of sp³-hybridized carbons (Fsp3) is 0.444. The molecule has 26 heavy (non-hydrogen) atoms. The van der Waals surface area contributed by atoms with Crippen LogP contribution in [0.3, 0.4) is 0 Å². The number of benzene rings is 1. The first-order valence-corrected chi connectivity index (χ1v) is 10.4. The summed E-state index contributed by atoms with van der Waals surface area (Å²) in [7, 11) is -3.46. The van der Waals surface area contributed by atoms with Gasteiger partial charge in [-0.1, -0.05) is 18.2 Å². The molecular weight excluding hydrogens is 352 g/mol. The van der Waals surface area contributed by atoms with Gasteiger partial charge in [0.2, 0.25) is 10.0 Å². The number of ether oxygens (including phenoxy) is 1. The third kappa shape index (κ3) is 5.40. The van der Waals surface area contributed by atoms with E-state index in [0.29, 0.717) is 11.6 Å². The van der Waals surface area contributed by atoms with Crippen LogP contribution >= 0.6 is 0 Å². The Kier molecular flexibility index (Phi) is 6.05. The van der Waals surface area contributed by atoms with Crippen LogP contribution in [0.4, 0.5) is 5.82 Å². The second kappa shape index (κ2) is 8.46. The molecule has 0 bridgehead atoms. The van der Waals surface area contributed by atoms with E-state index >= 15 is 0 Å². The molecule has 1 aromatic heterocycles. The number of aromatic nitrogens is 2. The van der Waals surface area contributed by atoms with Gasteiger partial charge in [0.25, 0.3) is 0 Å². The van der Waals surface area contributed by atoms with Crippen molar-refractivity contribution in [2.24, 2.45) is 0 Å². The highest BCUT2D eigenvalue weighted by Crippen LogP contribution is 2.18. The molecule has 1 N–H and O–H groups in total. The van der Waals surface area contributed by atoms with E-state index in [1.807, 2.05) is 31.2 Å². The molecule has 0 aliphatic carbocycles. The number of nitrogens with one attached hydrogen (secondary N) is 1. The van der Waals surface area contributed by atoms with E-state index in [0.717, 1.165) is 37.4 Å². The average Bonchev–Trinajstić information content (AvgIpc) is 3.15. The normalized spacial score (nSPS) is 14.6. The van der Waals surface area contributed by atoms with E-state index < -0.39 is 10.0 Å². The summed E-state index contributed by atoms with van der Waals surface area (Å²) in [6, 6.07) is 11.1. The van der Waals surface area contributed by atoms with Crippen molar-refractivity contribution in [2.45, 2.75) is 26.3 Å². The lowest BCUT2D eigenvalue weighted by molar-refractivity contribution is 0.340. The van der Waals surface area contributed by atoms with Crippen LogP contribution in [-0.4, -0.2) is 43.8 Å². The lowest BCUT2D eigenvalue weighted by Gasteiger charge is -2.17. The number of rotatable bonds is 8. The van der Waals surface area contributed by atoms with Gasteiger partial charge in [-0.25, -0.2) is 23.1 Å². The lowest BCUT2D eigenvalue weighted by atomic mass is 10.3. The standard InChI is InChI=1S/C18H24N4O3S/c1-15-13-18(22-9-5-6-10-22)21-17(20-15)14-19-26(23,24)12-11-25-16-7-3-2-4-8-16/h2-4,7-8,13,19H,5-6,9-12,14H2,1H3. The SMILES string of the molecule is Cc1cc(N2CCCC2)nc(CNS(=O)(=O)CCOc2ccccc2)n1. The minimum absolute atomic E-state index is 0.0796. The summed E-state index contributed by atoms with van der Waals surface area (Å²) in [6.07, 6.45) is 2.32. The summed E-state index contributed by atoms with van der Waals surface area (Å²) in [4.78, 5) is 11.1. The van der Waals surface area contributed by atoms with Gasteiger partial charge in [-0.2, -0.15) is 0 Å². The molecule has 1 aromatic carbocycles. The van der Waals surface area contributed by atoms with Gasteiger partial charge in [-0.15, -0.1) is 0 Å². The Labute approximate surface area is 154 Å². The smallest absolute Gasteiger partial charge is 0.215 e. The summed E-state index contributed by atoms with van der Waals surface area (Å²) in [5.41, 5.74) is 0.837.